The molecule has 8 heteroatoms. The lowest BCUT2D eigenvalue weighted by atomic mass is 10.1. The fraction of sp³-hybridized carbons (Fsp3) is 0.545. The van der Waals surface area contributed by atoms with E-state index in [-0.39, 0.29) is 29.4 Å². The zero-order valence-electron chi connectivity index (χ0n) is 10.1. The van der Waals surface area contributed by atoms with Crippen molar-refractivity contribution in [2.24, 2.45) is 5.92 Å². The molecule has 3 rings (SSSR count). The first-order chi connectivity index (χ1) is 9.10. The number of hydrogen-bond acceptors (Lipinski definition) is 7. The molecule has 1 saturated carbocycles. The smallest absolute Gasteiger partial charge is 0.309 e. The lowest BCUT2D eigenvalue weighted by molar-refractivity contribution is 0.0906. The molecule has 19 heavy (non-hydrogen) atoms. The van der Waals surface area contributed by atoms with Gasteiger partial charge in [0.15, 0.2) is 5.65 Å². The summed E-state index contributed by atoms with van der Waals surface area (Å²) in [6.07, 6.45) is 1.96. The van der Waals surface area contributed by atoms with Crippen LogP contribution in [-0.4, -0.2) is 37.5 Å². The minimum atomic E-state index is -0.587. The number of aromatic nitrogens is 3. The van der Waals surface area contributed by atoms with Gasteiger partial charge in [0.2, 0.25) is 5.95 Å². The minimum Gasteiger partial charge on any atom is -0.396 e. The third-order valence-corrected chi connectivity index (χ3v) is 4.49. The molecule has 0 bridgehead atoms. The standard InChI is InChI=1S/C11H14N4O3S/c12-10-13-3-8-9(14-10)15(11(18)19-8)6-1-5(4-16)7(17)2-6/h3,5-7,16-17H,1-2,4H2,(H2,12,13,14)/t5?,6?,7-/m0/s1. The Hall–Kier alpha value is -1.51. The lowest BCUT2D eigenvalue weighted by Crippen LogP contribution is -2.19. The summed E-state index contributed by atoms with van der Waals surface area (Å²) < 4.78 is 2.25. The molecule has 2 unspecified atom stereocenters. The van der Waals surface area contributed by atoms with Crippen molar-refractivity contribution >= 4 is 27.6 Å². The summed E-state index contributed by atoms with van der Waals surface area (Å²) in [7, 11) is 0. The van der Waals surface area contributed by atoms with Gasteiger partial charge in [-0.25, -0.2) is 4.98 Å². The van der Waals surface area contributed by atoms with E-state index in [1.54, 1.807) is 4.57 Å². The Morgan fingerprint density at radius 2 is 2.32 bits per heavy atom. The van der Waals surface area contributed by atoms with Gasteiger partial charge in [-0.2, -0.15) is 4.98 Å². The quantitative estimate of drug-likeness (QED) is 0.699. The van der Waals surface area contributed by atoms with Crippen molar-refractivity contribution in [1.82, 2.24) is 14.5 Å². The van der Waals surface area contributed by atoms with Gasteiger partial charge in [-0.1, -0.05) is 11.3 Å². The second-order valence-corrected chi connectivity index (χ2v) is 5.78. The summed E-state index contributed by atoms with van der Waals surface area (Å²) in [5, 5.41) is 19.0. The molecule has 1 aliphatic carbocycles. The largest absolute Gasteiger partial charge is 0.396 e. The van der Waals surface area contributed by atoms with Crippen molar-refractivity contribution in [3.05, 3.63) is 15.9 Å². The predicted octanol–water partition coefficient (Wildman–Crippen LogP) is -0.261. The predicted molar refractivity (Wildman–Crippen MR) is 70.9 cm³/mol. The molecule has 0 saturated heterocycles. The van der Waals surface area contributed by atoms with Crippen molar-refractivity contribution in [3.63, 3.8) is 0 Å². The monoisotopic (exact) mass is 282 g/mol. The van der Waals surface area contributed by atoms with Crippen LogP contribution in [0.5, 0.6) is 0 Å². The SMILES string of the molecule is Nc1ncc2sc(=O)n(C3CC(CO)[C@@H](O)C3)c2n1. The summed E-state index contributed by atoms with van der Waals surface area (Å²) >= 11 is 1.07. The van der Waals surface area contributed by atoms with Gasteiger partial charge in [-0.3, -0.25) is 9.36 Å². The number of rotatable bonds is 2. The highest BCUT2D eigenvalue weighted by atomic mass is 32.1. The number of aliphatic hydroxyl groups excluding tert-OH is 2. The Balaban J connectivity index is 2.08. The summed E-state index contributed by atoms with van der Waals surface area (Å²) in [4.78, 5) is 19.9. The fourth-order valence-electron chi connectivity index (χ4n) is 2.65. The molecule has 4 N–H and O–H groups in total. The molecule has 2 aromatic rings. The number of anilines is 1. The van der Waals surface area contributed by atoms with Crippen molar-refractivity contribution in [2.75, 3.05) is 12.3 Å². The Morgan fingerprint density at radius 3 is 3.00 bits per heavy atom. The highest BCUT2D eigenvalue weighted by Crippen LogP contribution is 2.35. The molecule has 1 fully saturated rings. The molecule has 0 aromatic carbocycles. The fourth-order valence-corrected chi connectivity index (χ4v) is 3.51. The van der Waals surface area contributed by atoms with Gasteiger partial charge in [0, 0.05) is 18.6 Å². The van der Waals surface area contributed by atoms with Crippen LogP contribution in [0.3, 0.4) is 0 Å². The summed E-state index contributed by atoms with van der Waals surface area (Å²) in [6, 6.07) is -0.150. The minimum absolute atomic E-state index is 0.0778. The van der Waals surface area contributed by atoms with Crippen LogP contribution >= 0.6 is 11.3 Å². The van der Waals surface area contributed by atoms with Crippen molar-refractivity contribution in [1.29, 1.82) is 0 Å². The molecule has 102 valence electrons. The molecular weight excluding hydrogens is 268 g/mol. The van der Waals surface area contributed by atoms with Gasteiger partial charge in [-0.15, -0.1) is 0 Å². The van der Waals surface area contributed by atoms with Crippen LogP contribution < -0.4 is 10.6 Å². The van der Waals surface area contributed by atoms with Gasteiger partial charge in [-0.05, 0) is 12.8 Å². The highest BCUT2D eigenvalue weighted by molar-refractivity contribution is 7.16. The highest BCUT2D eigenvalue weighted by Gasteiger charge is 2.35. The first kappa shape index (κ1) is 12.5. The van der Waals surface area contributed by atoms with Gasteiger partial charge < -0.3 is 15.9 Å². The summed E-state index contributed by atoms with van der Waals surface area (Å²) in [5.41, 5.74) is 6.07. The maximum atomic E-state index is 12.1. The van der Waals surface area contributed by atoms with Crippen molar-refractivity contribution in [2.45, 2.75) is 25.0 Å². The number of nitrogen functional groups attached to an aromatic ring is 1. The summed E-state index contributed by atoms with van der Waals surface area (Å²) in [6.45, 7) is -0.0778. The van der Waals surface area contributed by atoms with Crippen molar-refractivity contribution < 1.29 is 10.2 Å². The van der Waals surface area contributed by atoms with E-state index in [1.807, 2.05) is 0 Å². The van der Waals surface area contributed by atoms with E-state index in [4.69, 9.17) is 5.73 Å². The van der Waals surface area contributed by atoms with Crippen molar-refractivity contribution in [3.8, 4) is 0 Å². The number of hydrogen-bond donors (Lipinski definition) is 3. The topological polar surface area (TPSA) is 114 Å². The molecule has 7 nitrogen and oxygen atoms in total. The maximum Gasteiger partial charge on any atom is 0.309 e. The molecule has 2 heterocycles. The van der Waals surface area contributed by atoms with E-state index in [9.17, 15) is 15.0 Å². The Bertz CT molecular complexity index is 667. The second-order valence-electron chi connectivity index (χ2n) is 4.79. The van der Waals surface area contributed by atoms with E-state index < -0.39 is 6.10 Å². The first-order valence-corrected chi connectivity index (χ1v) is 6.84. The molecular formula is C11H14N4O3S. The number of nitrogens with two attached hydrogens (primary N) is 1. The van der Waals surface area contributed by atoms with Gasteiger partial charge in [0.1, 0.15) is 0 Å². The van der Waals surface area contributed by atoms with Crippen LogP contribution in [0, 0.1) is 5.92 Å². The van der Waals surface area contributed by atoms with E-state index >= 15 is 0 Å². The third-order valence-electron chi connectivity index (χ3n) is 3.61. The van der Waals surface area contributed by atoms with E-state index in [1.165, 1.54) is 6.20 Å². The average Bonchev–Trinajstić information content (AvgIpc) is 2.88. The Morgan fingerprint density at radius 1 is 1.53 bits per heavy atom. The van der Waals surface area contributed by atoms with Crippen LogP contribution in [0.1, 0.15) is 18.9 Å². The lowest BCUT2D eigenvalue weighted by Gasteiger charge is -2.11. The van der Waals surface area contributed by atoms with E-state index in [0.29, 0.717) is 23.2 Å². The second kappa shape index (κ2) is 4.55. The molecule has 2 aromatic heterocycles. The van der Waals surface area contributed by atoms with Crippen LogP contribution in [0.15, 0.2) is 11.0 Å². The Kier molecular flexibility index (Phi) is 3.00. The molecule has 0 radical (unpaired) electrons. The van der Waals surface area contributed by atoms with Gasteiger partial charge in [0.25, 0.3) is 0 Å². The van der Waals surface area contributed by atoms with Crippen LogP contribution in [0.4, 0.5) is 5.95 Å². The zero-order valence-corrected chi connectivity index (χ0v) is 10.9. The summed E-state index contributed by atoms with van der Waals surface area (Å²) in [5.74, 6) is -0.0673. The van der Waals surface area contributed by atoms with Gasteiger partial charge >= 0.3 is 4.87 Å². The number of thiazole rings is 1. The van der Waals surface area contributed by atoms with Gasteiger partial charge in [0.05, 0.1) is 17.0 Å². The molecule has 3 atom stereocenters. The van der Waals surface area contributed by atoms with E-state index in [0.717, 1.165) is 11.3 Å². The van der Waals surface area contributed by atoms with Crippen LogP contribution in [0.2, 0.25) is 0 Å². The molecule has 1 aliphatic rings. The average molecular weight is 282 g/mol. The van der Waals surface area contributed by atoms with E-state index in [2.05, 4.69) is 9.97 Å². The maximum absolute atomic E-state index is 12.1. The molecule has 0 amide bonds. The first-order valence-electron chi connectivity index (χ1n) is 6.02. The van der Waals surface area contributed by atoms with Crippen LogP contribution in [0.25, 0.3) is 10.3 Å². The number of nitrogens with zero attached hydrogens (tertiary/aromatic N) is 3. The third kappa shape index (κ3) is 2.01. The molecule has 0 spiro atoms. The van der Waals surface area contributed by atoms with Crippen LogP contribution in [-0.2, 0) is 0 Å². The number of fused-ring (bicyclic) bond motifs is 1. The normalized spacial score (nSPS) is 27.2. The zero-order chi connectivity index (χ0) is 13.6. The number of aliphatic hydroxyl groups is 2. The molecule has 0 aliphatic heterocycles. The Labute approximate surface area is 112 Å².